The molecule has 3 nitrogen and oxygen atoms in total. The van der Waals surface area contributed by atoms with Gasteiger partial charge in [-0.15, -0.1) is 0 Å². The minimum Gasteiger partial charge on any atom is -0.337 e. The zero-order chi connectivity index (χ0) is 19.2. The Hall–Kier alpha value is -1.78. The maximum Gasteiger partial charge on any atom is 0.225 e. The van der Waals surface area contributed by atoms with Crippen LogP contribution in [0, 0.1) is 5.92 Å². The number of nitrogens with one attached hydrogen (secondary N) is 1. The summed E-state index contributed by atoms with van der Waals surface area (Å²) in [4.78, 5) is 15.0. The van der Waals surface area contributed by atoms with Gasteiger partial charge in [-0.1, -0.05) is 80.4 Å². The molecule has 0 aliphatic carbocycles. The molecular weight excluding hydrogens is 352 g/mol. The topological polar surface area (TPSA) is 32.3 Å². The Morgan fingerprint density at radius 1 is 1.19 bits per heavy atom. The lowest BCUT2D eigenvalue weighted by atomic mass is 9.96. The van der Waals surface area contributed by atoms with Crippen LogP contribution < -0.4 is 4.72 Å². The standard InChI is InChI=1S/C23H30N2OS/c1-4-17(2)23(26)25-14-13-21(24-27-3)22(25)16-18-9-8-12-20(15-18)19-10-6-5-7-11-19/h5-12,15,17,21-22,24H,4,13-14,16H2,1-3H3. The van der Waals surface area contributed by atoms with Crippen LogP contribution in [0.3, 0.4) is 0 Å². The fraction of sp³-hybridized carbons (Fsp3) is 0.435. The second-order valence-corrected chi connectivity index (χ2v) is 8.04. The van der Waals surface area contributed by atoms with Crippen molar-refractivity contribution in [3.05, 3.63) is 60.2 Å². The van der Waals surface area contributed by atoms with Crippen LogP contribution in [0.4, 0.5) is 0 Å². The SMILES string of the molecule is CCC(C)C(=O)N1CCC(NSC)C1Cc1cccc(-c2ccccc2)c1. The van der Waals surface area contributed by atoms with Crippen LogP contribution in [-0.4, -0.2) is 35.7 Å². The molecule has 1 aliphatic rings. The zero-order valence-electron chi connectivity index (χ0n) is 16.5. The van der Waals surface area contributed by atoms with Crippen molar-refractivity contribution in [2.75, 3.05) is 12.8 Å². The highest BCUT2D eigenvalue weighted by atomic mass is 32.2. The quantitative estimate of drug-likeness (QED) is 0.700. The average Bonchev–Trinajstić information content (AvgIpc) is 3.10. The van der Waals surface area contributed by atoms with E-state index in [1.807, 2.05) is 13.0 Å². The van der Waals surface area contributed by atoms with Gasteiger partial charge in [-0.05, 0) is 42.2 Å². The second-order valence-electron chi connectivity index (χ2n) is 7.40. The molecule has 0 radical (unpaired) electrons. The first-order valence-corrected chi connectivity index (χ1v) is 11.1. The van der Waals surface area contributed by atoms with Crippen LogP contribution in [0.2, 0.25) is 0 Å². The van der Waals surface area contributed by atoms with Gasteiger partial charge in [-0.25, -0.2) is 0 Å². The molecular formula is C23H30N2OS. The third-order valence-corrected chi connectivity index (χ3v) is 6.15. The van der Waals surface area contributed by atoms with Crippen molar-refractivity contribution in [2.24, 2.45) is 5.92 Å². The smallest absolute Gasteiger partial charge is 0.225 e. The lowest BCUT2D eigenvalue weighted by Gasteiger charge is -2.30. The molecule has 4 heteroatoms. The largest absolute Gasteiger partial charge is 0.337 e. The maximum atomic E-state index is 12.9. The number of nitrogens with zero attached hydrogens (tertiary/aromatic N) is 1. The molecule has 1 heterocycles. The van der Waals surface area contributed by atoms with Crippen LogP contribution in [-0.2, 0) is 11.2 Å². The highest BCUT2D eigenvalue weighted by molar-refractivity contribution is 7.96. The van der Waals surface area contributed by atoms with Crippen molar-refractivity contribution in [3.8, 4) is 11.1 Å². The van der Waals surface area contributed by atoms with Gasteiger partial charge in [-0.2, -0.15) is 0 Å². The number of amides is 1. The van der Waals surface area contributed by atoms with E-state index in [0.717, 1.165) is 25.8 Å². The van der Waals surface area contributed by atoms with Gasteiger partial charge >= 0.3 is 0 Å². The summed E-state index contributed by atoms with van der Waals surface area (Å²) in [6, 6.07) is 19.8. The van der Waals surface area contributed by atoms with E-state index in [1.54, 1.807) is 11.9 Å². The molecule has 1 saturated heterocycles. The number of hydrogen-bond donors (Lipinski definition) is 1. The third kappa shape index (κ3) is 4.74. The molecule has 1 amide bonds. The molecule has 1 fully saturated rings. The summed E-state index contributed by atoms with van der Waals surface area (Å²) in [6.45, 7) is 4.99. The summed E-state index contributed by atoms with van der Waals surface area (Å²) in [6.07, 6.45) is 4.87. The van der Waals surface area contributed by atoms with Gasteiger partial charge in [0.1, 0.15) is 0 Å². The van der Waals surface area contributed by atoms with Crippen LogP contribution in [0.1, 0.15) is 32.3 Å². The maximum absolute atomic E-state index is 12.9. The van der Waals surface area contributed by atoms with Gasteiger partial charge in [0.2, 0.25) is 5.91 Å². The molecule has 3 atom stereocenters. The Morgan fingerprint density at radius 2 is 1.93 bits per heavy atom. The van der Waals surface area contributed by atoms with Gasteiger partial charge < -0.3 is 4.90 Å². The van der Waals surface area contributed by atoms with Crippen LogP contribution in [0.5, 0.6) is 0 Å². The Labute approximate surface area is 167 Å². The van der Waals surface area contributed by atoms with Crippen molar-refractivity contribution < 1.29 is 4.79 Å². The van der Waals surface area contributed by atoms with E-state index in [1.165, 1.54) is 16.7 Å². The molecule has 3 unspecified atom stereocenters. The van der Waals surface area contributed by atoms with E-state index in [4.69, 9.17) is 0 Å². The highest BCUT2D eigenvalue weighted by Gasteiger charge is 2.37. The monoisotopic (exact) mass is 382 g/mol. The first kappa shape index (κ1) is 20.0. The Morgan fingerprint density at radius 3 is 2.63 bits per heavy atom. The van der Waals surface area contributed by atoms with E-state index in [-0.39, 0.29) is 12.0 Å². The summed E-state index contributed by atoms with van der Waals surface area (Å²) in [5.41, 5.74) is 3.76. The van der Waals surface area contributed by atoms with Crippen molar-refractivity contribution in [1.29, 1.82) is 0 Å². The normalized spacial score (nSPS) is 20.6. The van der Waals surface area contributed by atoms with Crippen LogP contribution in [0.15, 0.2) is 54.6 Å². The lowest BCUT2D eigenvalue weighted by molar-refractivity contribution is -0.136. The molecule has 144 valence electrons. The lowest BCUT2D eigenvalue weighted by Crippen LogP contribution is -2.46. The van der Waals surface area contributed by atoms with Crippen molar-refractivity contribution in [2.45, 2.75) is 45.2 Å². The third-order valence-electron chi connectivity index (χ3n) is 5.61. The van der Waals surface area contributed by atoms with Crippen molar-refractivity contribution in [1.82, 2.24) is 9.62 Å². The molecule has 0 aromatic heterocycles. The molecule has 0 saturated carbocycles. The number of benzene rings is 2. The van der Waals surface area contributed by atoms with E-state index in [2.05, 4.69) is 71.3 Å². The van der Waals surface area contributed by atoms with Crippen LogP contribution >= 0.6 is 11.9 Å². The van der Waals surface area contributed by atoms with Gasteiger partial charge in [0.25, 0.3) is 0 Å². The molecule has 0 spiro atoms. The number of carbonyl (C=O) groups is 1. The van der Waals surface area contributed by atoms with E-state index in [9.17, 15) is 4.79 Å². The Balaban J connectivity index is 1.82. The minimum atomic E-state index is 0.0937. The predicted molar refractivity (Wildman–Crippen MR) is 116 cm³/mol. The summed E-state index contributed by atoms with van der Waals surface area (Å²) in [5.74, 6) is 0.392. The molecule has 27 heavy (non-hydrogen) atoms. The fourth-order valence-corrected chi connectivity index (χ4v) is 4.45. The number of hydrogen-bond acceptors (Lipinski definition) is 3. The Kier molecular flexibility index (Phi) is 6.97. The van der Waals surface area contributed by atoms with E-state index in [0.29, 0.717) is 11.9 Å². The highest BCUT2D eigenvalue weighted by Crippen LogP contribution is 2.27. The summed E-state index contributed by atoms with van der Waals surface area (Å²) in [5, 5.41) is 0. The van der Waals surface area contributed by atoms with Gasteiger partial charge in [0, 0.05) is 18.5 Å². The van der Waals surface area contributed by atoms with Crippen molar-refractivity contribution in [3.63, 3.8) is 0 Å². The molecule has 2 aromatic rings. The molecule has 1 aliphatic heterocycles. The predicted octanol–water partition coefficient (Wildman–Crippen LogP) is 4.78. The minimum absolute atomic E-state index is 0.0937. The molecule has 0 bridgehead atoms. The summed E-state index contributed by atoms with van der Waals surface area (Å²) < 4.78 is 3.53. The number of likely N-dealkylation sites (tertiary alicyclic amines) is 1. The average molecular weight is 383 g/mol. The van der Waals surface area contributed by atoms with Gasteiger partial charge in [0.05, 0.1) is 6.04 Å². The fourth-order valence-electron chi connectivity index (χ4n) is 3.88. The van der Waals surface area contributed by atoms with Gasteiger partial charge in [-0.3, -0.25) is 9.52 Å². The molecule has 1 N–H and O–H groups in total. The summed E-state index contributed by atoms with van der Waals surface area (Å²) in [7, 11) is 0. The molecule has 2 aromatic carbocycles. The zero-order valence-corrected chi connectivity index (χ0v) is 17.3. The first-order chi connectivity index (χ1) is 13.1. The van der Waals surface area contributed by atoms with E-state index >= 15 is 0 Å². The summed E-state index contributed by atoms with van der Waals surface area (Å²) >= 11 is 1.65. The molecule has 3 rings (SSSR count). The number of carbonyl (C=O) groups excluding carboxylic acids is 1. The van der Waals surface area contributed by atoms with Crippen LogP contribution in [0.25, 0.3) is 11.1 Å². The van der Waals surface area contributed by atoms with Crippen molar-refractivity contribution >= 4 is 17.9 Å². The first-order valence-electron chi connectivity index (χ1n) is 9.87. The second kappa shape index (κ2) is 9.43. The van der Waals surface area contributed by atoms with Gasteiger partial charge in [0.15, 0.2) is 0 Å². The van der Waals surface area contributed by atoms with E-state index < -0.39 is 0 Å². The Bertz CT molecular complexity index is 749. The number of rotatable bonds is 7.